The molecule has 0 aliphatic carbocycles. The summed E-state index contributed by atoms with van der Waals surface area (Å²) in [4.78, 5) is 13.6. The maximum atomic E-state index is 10.5. The molecule has 1 N–H and O–H groups in total. The van der Waals surface area contributed by atoms with E-state index in [1.54, 1.807) is 0 Å². The fraction of sp³-hybridized carbons (Fsp3) is 0.182. The van der Waals surface area contributed by atoms with Crippen LogP contribution in [0.3, 0.4) is 0 Å². The zero-order chi connectivity index (χ0) is 12.3. The van der Waals surface area contributed by atoms with E-state index in [1.807, 2.05) is 30.3 Å². The molecule has 0 spiro atoms. The molecular formula is C11H11N3O3. The molecule has 6 heteroatoms. The maximum Gasteiger partial charge on any atom is 0.381 e. The molecule has 0 bridgehead atoms. The first-order valence-electron chi connectivity index (χ1n) is 5.06. The molecule has 17 heavy (non-hydrogen) atoms. The molecule has 0 unspecified atom stereocenters. The number of nitro groups is 1. The number of imidazole rings is 1. The normalized spacial score (nSPS) is 12.3. The van der Waals surface area contributed by atoms with Crippen molar-refractivity contribution in [1.29, 1.82) is 0 Å². The number of aromatic nitrogens is 2. The van der Waals surface area contributed by atoms with Crippen molar-refractivity contribution in [3.8, 4) is 0 Å². The summed E-state index contributed by atoms with van der Waals surface area (Å²) in [6, 6.07) is 8.93. The van der Waals surface area contributed by atoms with E-state index in [0.29, 0.717) is 0 Å². The van der Waals surface area contributed by atoms with Crippen LogP contribution in [0, 0.1) is 10.1 Å². The van der Waals surface area contributed by atoms with Gasteiger partial charge in [0, 0.05) is 0 Å². The Balaban J connectivity index is 2.32. The smallest absolute Gasteiger partial charge is 0.381 e. The Morgan fingerprint density at radius 3 is 2.65 bits per heavy atom. The van der Waals surface area contributed by atoms with Crippen LogP contribution >= 0.6 is 0 Å². The standard InChI is InChI=1S/C11H11N3O3/c15-7-10(9-4-2-1-3-5-9)13-6-11(12-8-13)14(16)17/h1-6,8,10,15H,7H2/t10-/m1/s1. The van der Waals surface area contributed by atoms with E-state index in [2.05, 4.69) is 4.98 Å². The van der Waals surface area contributed by atoms with Crippen LogP contribution in [0.5, 0.6) is 0 Å². The third-order valence-electron chi connectivity index (χ3n) is 2.49. The van der Waals surface area contributed by atoms with Gasteiger partial charge in [-0.15, -0.1) is 0 Å². The molecule has 0 radical (unpaired) electrons. The summed E-state index contributed by atoms with van der Waals surface area (Å²) in [6.07, 6.45) is 2.67. The average molecular weight is 233 g/mol. The van der Waals surface area contributed by atoms with Crippen LogP contribution in [0.15, 0.2) is 42.9 Å². The largest absolute Gasteiger partial charge is 0.394 e. The highest BCUT2D eigenvalue weighted by molar-refractivity contribution is 5.22. The fourth-order valence-electron chi connectivity index (χ4n) is 1.64. The van der Waals surface area contributed by atoms with Crippen LogP contribution in [0.2, 0.25) is 0 Å². The number of hydrogen-bond donors (Lipinski definition) is 1. The average Bonchev–Trinajstić information content (AvgIpc) is 2.81. The second-order valence-corrected chi connectivity index (χ2v) is 3.55. The number of benzene rings is 1. The predicted molar refractivity (Wildman–Crippen MR) is 60.5 cm³/mol. The zero-order valence-electron chi connectivity index (χ0n) is 8.93. The first kappa shape index (κ1) is 11.3. The van der Waals surface area contributed by atoms with Gasteiger partial charge in [0.1, 0.15) is 6.20 Å². The number of hydrogen-bond acceptors (Lipinski definition) is 4. The summed E-state index contributed by atoms with van der Waals surface area (Å²) in [6.45, 7) is -0.141. The first-order valence-corrected chi connectivity index (χ1v) is 5.06. The van der Waals surface area contributed by atoms with Crippen molar-refractivity contribution in [2.75, 3.05) is 6.61 Å². The van der Waals surface area contributed by atoms with E-state index in [4.69, 9.17) is 0 Å². The lowest BCUT2D eigenvalue weighted by Crippen LogP contribution is -2.12. The molecule has 1 aromatic heterocycles. The van der Waals surface area contributed by atoms with Crippen molar-refractivity contribution in [2.24, 2.45) is 0 Å². The summed E-state index contributed by atoms with van der Waals surface area (Å²) in [7, 11) is 0. The van der Waals surface area contributed by atoms with Gasteiger partial charge >= 0.3 is 5.82 Å². The molecule has 0 saturated heterocycles. The Hall–Kier alpha value is -2.21. The fourth-order valence-corrected chi connectivity index (χ4v) is 1.64. The summed E-state index contributed by atoms with van der Waals surface area (Å²) < 4.78 is 1.54. The number of aliphatic hydroxyl groups excluding tert-OH is 1. The minimum Gasteiger partial charge on any atom is -0.394 e. The third-order valence-corrected chi connectivity index (χ3v) is 2.49. The molecule has 0 amide bonds. The highest BCUT2D eigenvalue weighted by Crippen LogP contribution is 2.19. The molecule has 1 heterocycles. The molecule has 0 fully saturated rings. The Morgan fingerprint density at radius 1 is 1.41 bits per heavy atom. The summed E-state index contributed by atoms with van der Waals surface area (Å²) in [5.74, 6) is -0.223. The van der Waals surface area contributed by atoms with Crippen LogP contribution in [0.4, 0.5) is 5.82 Å². The highest BCUT2D eigenvalue weighted by Gasteiger charge is 2.17. The van der Waals surface area contributed by atoms with Gasteiger partial charge in [-0.1, -0.05) is 30.3 Å². The van der Waals surface area contributed by atoms with Crippen molar-refractivity contribution in [3.05, 3.63) is 58.5 Å². The van der Waals surface area contributed by atoms with Gasteiger partial charge in [-0.25, -0.2) is 0 Å². The quantitative estimate of drug-likeness (QED) is 0.638. The molecule has 2 rings (SSSR count). The van der Waals surface area contributed by atoms with Crippen LogP contribution in [0.25, 0.3) is 0 Å². The second-order valence-electron chi connectivity index (χ2n) is 3.55. The molecule has 1 aromatic carbocycles. The van der Waals surface area contributed by atoms with Gasteiger partial charge in [-0.3, -0.25) is 0 Å². The van der Waals surface area contributed by atoms with Gasteiger partial charge < -0.3 is 19.8 Å². The number of rotatable bonds is 4. The topological polar surface area (TPSA) is 81.2 Å². The van der Waals surface area contributed by atoms with Gasteiger partial charge in [0.25, 0.3) is 0 Å². The molecule has 88 valence electrons. The minimum absolute atomic E-state index is 0.141. The SMILES string of the molecule is O=[N+]([O-])c1cn([C@H](CO)c2ccccc2)cn1. The molecule has 0 aliphatic heterocycles. The van der Waals surface area contributed by atoms with Gasteiger partial charge in [0.05, 0.1) is 12.6 Å². The Bertz CT molecular complexity index is 510. The van der Waals surface area contributed by atoms with Crippen molar-refractivity contribution in [1.82, 2.24) is 9.55 Å². The van der Waals surface area contributed by atoms with E-state index in [0.717, 1.165) is 5.56 Å². The van der Waals surface area contributed by atoms with E-state index in [1.165, 1.54) is 17.1 Å². The van der Waals surface area contributed by atoms with Crippen molar-refractivity contribution in [3.63, 3.8) is 0 Å². The molecule has 0 aliphatic rings. The van der Waals surface area contributed by atoms with Gasteiger partial charge in [-0.2, -0.15) is 0 Å². The lowest BCUT2D eigenvalue weighted by molar-refractivity contribution is -0.389. The highest BCUT2D eigenvalue weighted by atomic mass is 16.6. The summed E-state index contributed by atoms with van der Waals surface area (Å²) in [5.41, 5.74) is 0.877. The number of nitrogens with zero attached hydrogens (tertiary/aromatic N) is 3. The number of aliphatic hydroxyl groups is 1. The molecule has 2 aromatic rings. The monoisotopic (exact) mass is 233 g/mol. The maximum absolute atomic E-state index is 10.5. The summed E-state index contributed by atoms with van der Waals surface area (Å²) in [5, 5.41) is 19.9. The molecule has 6 nitrogen and oxygen atoms in total. The van der Waals surface area contributed by atoms with Crippen molar-refractivity contribution >= 4 is 5.82 Å². The Kier molecular flexibility index (Phi) is 3.15. The Morgan fingerprint density at radius 2 is 2.12 bits per heavy atom. The van der Waals surface area contributed by atoms with Crippen LogP contribution in [0.1, 0.15) is 11.6 Å². The van der Waals surface area contributed by atoms with Gasteiger partial charge in [0.15, 0.2) is 0 Å². The molecule has 1 atom stereocenters. The van der Waals surface area contributed by atoms with Crippen molar-refractivity contribution in [2.45, 2.75) is 6.04 Å². The zero-order valence-corrected chi connectivity index (χ0v) is 8.93. The Labute approximate surface area is 97.3 Å². The minimum atomic E-state index is -0.560. The van der Waals surface area contributed by atoms with E-state index in [9.17, 15) is 15.2 Å². The predicted octanol–water partition coefficient (Wildman–Crippen LogP) is 1.37. The molecule has 0 saturated carbocycles. The lowest BCUT2D eigenvalue weighted by Gasteiger charge is -2.14. The van der Waals surface area contributed by atoms with Gasteiger partial charge in [-0.05, 0) is 15.5 Å². The molecular weight excluding hydrogens is 222 g/mol. The first-order chi connectivity index (χ1) is 8.22. The van der Waals surface area contributed by atoms with Crippen LogP contribution in [-0.2, 0) is 0 Å². The second kappa shape index (κ2) is 4.75. The third kappa shape index (κ3) is 2.31. The van der Waals surface area contributed by atoms with Gasteiger partial charge in [0.2, 0.25) is 6.33 Å². The van der Waals surface area contributed by atoms with E-state index >= 15 is 0 Å². The van der Waals surface area contributed by atoms with Crippen LogP contribution < -0.4 is 0 Å². The van der Waals surface area contributed by atoms with Crippen molar-refractivity contribution < 1.29 is 10.0 Å². The van der Waals surface area contributed by atoms with Crippen LogP contribution in [-0.4, -0.2) is 26.2 Å². The lowest BCUT2D eigenvalue weighted by atomic mass is 10.1. The van der Waals surface area contributed by atoms with E-state index in [-0.39, 0.29) is 18.5 Å². The summed E-state index contributed by atoms with van der Waals surface area (Å²) >= 11 is 0. The van der Waals surface area contributed by atoms with E-state index < -0.39 is 4.92 Å².